The van der Waals surface area contributed by atoms with Gasteiger partial charge in [0.2, 0.25) is 5.13 Å². The van der Waals surface area contributed by atoms with Crippen molar-refractivity contribution in [1.82, 2.24) is 4.98 Å². The lowest BCUT2D eigenvalue weighted by Crippen LogP contribution is -1.92. The fourth-order valence-corrected chi connectivity index (χ4v) is 2.48. The summed E-state index contributed by atoms with van der Waals surface area (Å²) in [5.74, 6) is 1.55. The highest BCUT2D eigenvalue weighted by Gasteiger charge is 2.05. The number of hydrogen-bond acceptors (Lipinski definition) is 8. The van der Waals surface area contributed by atoms with E-state index in [4.69, 9.17) is 10.5 Å². The zero-order valence-corrected chi connectivity index (χ0v) is 13.6. The first-order chi connectivity index (χ1) is 12.1. The van der Waals surface area contributed by atoms with Crippen LogP contribution in [0.25, 0.3) is 0 Å². The quantitative estimate of drug-likeness (QED) is 0.394. The van der Waals surface area contributed by atoms with Gasteiger partial charge in [-0.25, -0.2) is 4.98 Å². The second kappa shape index (κ2) is 7.41. The molecule has 0 aliphatic heterocycles. The summed E-state index contributed by atoms with van der Waals surface area (Å²) >= 11 is 1.36. The van der Waals surface area contributed by atoms with Crippen molar-refractivity contribution in [3.05, 3.63) is 69.6 Å². The van der Waals surface area contributed by atoms with Crippen LogP contribution in [-0.4, -0.2) is 16.1 Å². The minimum atomic E-state index is -0.454. The number of rotatable bonds is 6. The van der Waals surface area contributed by atoms with Crippen molar-refractivity contribution >= 4 is 34.2 Å². The Hall–Kier alpha value is -3.46. The minimum Gasteiger partial charge on any atom is -0.457 e. The lowest BCUT2D eigenvalue weighted by molar-refractivity contribution is -0.384. The first-order valence-electron chi connectivity index (χ1n) is 7.12. The first kappa shape index (κ1) is 16.4. The number of benzene rings is 2. The molecule has 0 aliphatic carbocycles. The molecule has 8 nitrogen and oxygen atoms in total. The predicted molar refractivity (Wildman–Crippen MR) is 97.4 cm³/mol. The Kier molecular flexibility index (Phi) is 4.86. The summed E-state index contributed by atoms with van der Waals surface area (Å²) < 4.78 is 5.69. The van der Waals surface area contributed by atoms with E-state index in [2.05, 4.69) is 15.5 Å². The van der Waals surface area contributed by atoms with Crippen molar-refractivity contribution in [3.8, 4) is 11.5 Å². The third-order valence-electron chi connectivity index (χ3n) is 3.04. The predicted octanol–water partition coefficient (Wildman–Crippen LogP) is 3.87. The Balaban J connectivity index is 1.65. The van der Waals surface area contributed by atoms with Gasteiger partial charge in [-0.15, -0.1) is 11.3 Å². The molecule has 0 aliphatic rings. The van der Waals surface area contributed by atoms with Crippen LogP contribution < -0.4 is 15.9 Å². The lowest BCUT2D eigenvalue weighted by atomic mass is 10.2. The van der Waals surface area contributed by atoms with Crippen molar-refractivity contribution < 1.29 is 9.66 Å². The van der Waals surface area contributed by atoms with Crippen molar-refractivity contribution in [2.45, 2.75) is 0 Å². The molecule has 0 bridgehead atoms. The smallest absolute Gasteiger partial charge is 0.269 e. The van der Waals surface area contributed by atoms with E-state index in [0.717, 1.165) is 5.56 Å². The van der Waals surface area contributed by atoms with E-state index in [1.807, 2.05) is 12.1 Å². The van der Waals surface area contributed by atoms with Gasteiger partial charge >= 0.3 is 0 Å². The summed E-state index contributed by atoms with van der Waals surface area (Å²) in [6.45, 7) is 0. The van der Waals surface area contributed by atoms with Gasteiger partial charge in [-0.1, -0.05) is 12.1 Å². The molecule has 0 saturated heterocycles. The summed E-state index contributed by atoms with van der Waals surface area (Å²) in [7, 11) is 0. The molecule has 1 heterocycles. The molecular formula is C16H13N5O3S. The van der Waals surface area contributed by atoms with Crippen molar-refractivity contribution in [3.63, 3.8) is 0 Å². The van der Waals surface area contributed by atoms with Crippen molar-refractivity contribution in [2.75, 3.05) is 11.2 Å². The van der Waals surface area contributed by atoms with Gasteiger partial charge in [0.1, 0.15) is 17.3 Å². The van der Waals surface area contributed by atoms with E-state index in [9.17, 15) is 10.1 Å². The maximum Gasteiger partial charge on any atom is 0.269 e. The second-order valence-corrected chi connectivity index (χ2v) is 5.73. The van der Waals surface area contributed by atoms with Crippen LogP contribution >= 0.6 is 11.3 Å². The van der Waals surface area contributed by atoms with Gasteiger partial charge in [0.15, 0.2) is 0 Å². The highest BCUT2D eigenvalue weighted by molar-refractivity contribution is 7.14. The molecule has 0 fully saturated rings. The second-order valence-electron chi connectivity index (χ2n) is 4.87. The normalized spacial score (nSPS) is 10.7. The topological polar surface area (TPSA) is 116 Å². The average Bonchev–Trinajstić information content (AvgIpc) is 3.01. The van der Waals surface area contributed by atoms with Crippen LogP contribution in [0.1, 0.15) is 5.56 Å². The molecule has 0 amide bonds. The number of aromatic nitrogens is 1. The number of non-ortho nitro benzene ring substituents is 1. The Morgan fingerprint density at radius 1 is 1.24 bits per heavy atom. The summed E-state index contributed by atoms with van der Waals surface area (Å²) in [5.41, 5.74) is 9.16. The standard InChI is InChI=1S/C16H13N5O3S/c17-15-10-25-16(19-15)20-18-9-11-2-1-3-14(8-11)24-13-6-4-12(5-7-13)21(22)23/h1-10H,17H2,(H,19,20). The molecule has 9 heteroatoms. The van der Waals surface area contributed by atoms with Gasteiger partial charge in [0.05, 0.1) is 11.1 Å². The number of nitrogens with zero attached hydrogens (tertiary/aromatic N) is 3. The third kappa shape index (κ3) is 4.52. The molecule has 0 spiro atoms. The number of nitrogen functional groups attached to an aromatic ring is 1. The number of nitrogens with two attached hydrogens (primary N) is 1. The third-order valence-corrected chi connectivity index (χ3v) is 3.80. The maximum absolute atomic E-state index is 10.7. The SMILES string of the molecule is Nc1csc(NN=Cc2cccc(Oc3ccc([N+](=O)[O-])cc3)c2)n1. The van der Waals surface area contributed by atoms with E-state index in [1.165, 1.54) is 23.5 Å². The molecule has 0 atom stereocenters. The molecule has 25 heavy (non-hydrogen) atoms. The van der Waals surface area contributed by atoms with Crippen LogP contribution in [0.15, 0.2) is 59.0 Å². The lowest BCUT2D eigenvalue weighted by Gasteiger charge is -2.06. The van der Waals surface area contributed by atoms with Gasteiger partial charge in [-0.05, 0) is 29.8 Å². The summed E-state index contributed by atoms with van der Waals surface area (Å²) in [4.78, 5) is 14.2. The number of hydrogen-bond donors (Lipinski definition) is 2. The van der Waals surface area contributed by atoms with E-state index >= 15 is 0 Å². The minimum absolute atomic E-state index is 0.0159. The van der Waals surface area contributed by atoms with E-state index < -0.39 is 4.92 Å². The Labute approximate surface area is 146 Å². The van der Waals surface area contributed by atoms with Gasteiger partial charge < -0.3 is 10.5 Å². The molecule has 0 saturated carbocycles. The van der Waals surface area contributed by atoms with Gasteiger partial charge in [-0.2, -0.15) is 5.10 Å². The number of ether oxygens (including phenoxy) is 1. The number of nitrogens with one attached hydrogen (secondary N) is 1. The number of anilines is 2. The number of nitro groups is 1. The van der Waals surface area contributed by atoms with E-state index in [0.29, 0.717) is 22.4 Å². The largest absolute Gasteiger partial charge is 0.457 e. The van der Waals surface area contributed by atoms with Crippen LogP contribution in [0.2, 0.25) is 0 Å². The Bertz CT molecular complexity index is 908. The molecule has 1 aromatic heterocycles. The van der Waals surface area contributed by atoms with E-state index in [-0.39, 0.29) is 5.69 Å². The van der Waals surface area contributed by atoms with Crippen LogP contribution in [0.4, 0.5) is 16.6 Å². The fourth-order valence-electron chi connectivity index (χ4n) is 1.93. The Morgan fingerprint density at radius 3 is 2.72 bits per heavy atom. The Morgan fingerprint density at radius 2 is 2.04 bits per heavy atom. The monoisotopic (exact) mass is 355 g/mol. The molecule has 0 unspecified atom stereocenters. The van der Waals surface area contributed by atoms with Gasteiger partial charge in [-0.3, -0.25) is 15.5 Å². The summed E-state index contributed by atoms with van der Waals surface area (Å²) in [5, 5.41) is 17.1. The zero-order valence-electron chi connectivity index (χ0n) is 12.8. The number of nitro benzene ring substituents is 1. The molecule has 2 aromatic carbocycles. The van der Waals surface area contributed by atoms with Crippen LogP contribution in [-0.2, 0) is 0 Å². The summed E-state index contributed by atoms with van der Waals surface area (Å²) in [6, 6.07) is 13.2. The maximum atomic E-state index is 10.7. The fraction of sp³-hybridized carbons (Fsp3) is 0. The molecule has 3 rings (SSSR count). The van der Waals surface area contributed by atoms with Crippen molar-refractivity contribution in [1.29, 1.82) is 0 Å². The number of thiazole rings is 1. The molecule has 3 aromatic rings. The molecule has 0 radical (unpaired) electrons. The highest BCUT2D eigenvalue weighted by Crippen LogP contribution is 2.24. The number of hydrazone groups is 1. The van der Waals surface area contributed by atoms with Gasteiger partial charge in [0.25, 0.3) is 5.69 Å². The van der Waals surface area contributed by atoms with Crippen LogP contribution in [0.3, 0.4) is 0 Å². The van der Waals surface area contributed by atoms with Crippen LogP contribution in [0, 0.1) is 10.1 Å². The molecule has 126 valence electrons. The van der Waals surface area contributed by atoms with Crippen molar-refractivity contribution in [2.24, 2.45) is 5.10 Å². The van der Waals surface area contributed by atoms with E-state index in [1.54, 1.807) is 35.9 Å². The molecular weight excluding hydrogens is 342 g/mol. The van der Waals surface area contributed by atoms with Crippen LogP contribution in [0.5, 0.6) is 11.5 Å². The molecule has 3 N–H and O–H groups in total. The highest BCUT2D eigenvalue weighted by atomic mass is 32.1. The first-order valence-corrected chi connectivity index (χ1v) is 8.00. The zero-order chi connectivity index (χ0) is 17.6. The average molecular weight is 355 g/mol. The van der Waals surface area contributed by atoms with Gasteiger partial charge in [0, 0.05) is 17.5 Å². The summed E-state index contributed by atoms with van der Waals surface area (Å²) in [6.07, 6.45) is 1.63.